The Kier molecular flexibility index (Phi) is 8.87. The Morgan fingerprint density at radius 1 is 0.556 bits per heavy atom. The van der Waals surface area contributed by atoms with Crippen LogP contribution in [0.2, 0.25) is 0 Å². The SMILES string of the molecule is Cc1cc(C)c(S(=O)(=O)[O-])c(C)c1.Cc1cc(C)c(S(=O)(=O)[O-])c(C)c1.[Ni+2]. The summed E-state index contributed by atoms with van der Waals surface area (Å²) in [6, 6.07) is 6.77. The molecule has 0 bridgehead atoms. The molecule has 0 heterocycles. The van der Waals surface area contributed by atoms with Gasteiger partial charge >= 0.3 is 16.5 Å². The first-order valence-electron chi connectivity index (χ1n) is 7.72. The maximum absolute atomic E-state index is 10.8. The summed E-state index contributed by atoms with van der Waals surface area (Å²) in [7, 11) is -8.66. The van der Waals surface area contributed by atoms with E-state index in [0.29, 0.717) is 22.3 Å². The zero-order chi connectivity index (χ0) is 20.4. The minimum atomic E-state index is -4.33. The van der Waals surface area contributed by atoms with Crippen LogP contribution in [0.4, 0.5) is 0 Å². The Hall–Kier alpha value is -1.25. The van der Waals surface area contributed by atoms with Crippen LogP contribution in [0.15, 0.2) is 34.1 Å². The second-order valence-electron chi connectivity index (χ2n) is 6.36. The van der Waals surface area contributed by atoms with Gasteiger partial charge in [-0.05, 0) is 63.8 Å². The average Bonchev–Trinajstić information content (AvgIpc) is 2.32. The van der Waals surface area contributed by atoms with Crippen LogP contribution in [-0.4, -0.2) is 25.9 Å². The molecule has 0 atom stereocenters. The molecular formula is C18H22NiO6S2. The molecule has 0 aliphatic heterocycles. The maximum atomic E-state index is 10.8. The van der Waals surface area contributed by atoms with Crippen molar-refractivity contribution >= 4 is 20.2 Å². The summed E-state index contributed by atoms with van der Waals surface area (Å²) < 4.78 is 65.0. The third-order valence-corrected chi connectivity index (χ3v) is 6.00. The second kappa shape index (κ2) is 9.30. The molecule has 0 saturated heterocycles. The summed E-state index contributed by atoms with van der Waals surface area (Å²) in [5.41, 5.74) is 4.00. The molecule has 2 aromatic carbocycles. The van der Waals surface area contributed by atoms with Gasteiger partial charge in [-0.1, -0.05) is 35.4 Å². The fourth-order valence-corrected chi connectivity index (χ4v) is 4.94. The van der Waals surface area contributed by atoms with Gasteiger partial charge in [0.15, 0.2) is 0 Å². The molecule has 0 amide bonds. The molecule has 0 spiro atoms. The van der Waals surface area contributed by atoms with Crippen LogP contribution in [-0.2, 0) is 36.7 Å². The van der Waals surface area contributed by atoms with Gasteiger partial charge in [0, 0.05) is 0 Å². The molecule has 0 N–H and O–H groups in total. The number of rotatable bonds is 2. The molecule has 0 unspecified atom stereocenters. The van der Waals surface area contributed by atoms with Gasteiger partial charge in [0.1, 0.15) is 20.2 Å². The van der Waals surface area contributed by atoms with Crippen LogP contribution in [0.1, 0.15) is 33.4 Å². The molecule has 9 heteroatoms. The summed E-state index contributed by atoms with van der Waals surface area (Å²) in [6.07, 6.45) is 0. The van der Waals surface area contributed by atoms with E-state index in [2.05, 4.69) is 0 Å². The van der Waals surface area contributed by atoms with Gasteiger partial charge in [0.05, 0.1) is 9.79 Å². The second-order valence-corrected chi connectivity index (χ2v) is 9.00. The molecule has 0 aliphatic carbocycles. The van der Waals surface area contributed by atoms with E-state index >= 15 is 0 Å². The van der Waals surface area contributed by atoms with Crippen molar-refractivity contribution in [1.82, 2.24) is 0 Å². The quantitative estimate of drug-likeness (QED) is 0.506. The average molecular weight is 457 g/mol. The van der Waals surface area contributed by atoms with E-state index in [1.165, 1.54) is 0 Å². The Labute approximate surface area is 171 Å². The fraction of sp³-hybridized carbons (Fsp3) is 0.333. The predicted molar refractivity (Wildman–Crippen MR) is 97.2 cm³/mol. The standard InChI is InChI=1S/2C9H12O3S.Ni/c2*1-6-4-7(2)9(8(3)5-6)13(10,11)12;/h2*4-5H,1-3H3,(H,10,11,12);/q;;+2/p-2. The van der Waals surface area contributed by atoms with E-state index in [1.54, 1.807) is 52.0 Å². The van der Waals surface area contributed by atoms with E-state index in [-0.39, 0.29) is 26.3 Å². The van der Waals surface area contributed by atoms with Gasteiger partial charge in [-0.3, -0.25) is 0 Å². The largest absolute Gasteiger partial charge is 2.00 e. The minimum absolute atomic E-state index is 0. The van der Waals surface area contributed by atoms with E-state index in [0.717, 1.165) is 11.1 Å². The Morgan fingerprint density at radius 3 is 0.889 bits per heavy atom. The molecule has 0 radical (unpaired) electrons. The predicted octanol–water partition coefficient (Wildman–Crippen LogP) is 3.03. The minimum Gasteiger partial charge on any atom is -0.744 e. The van der Waals surface area contributed by atoms with Gasteiger partial charge in [-0.15, -0.1) is 0 Å². The van der Waals surface area contributed by atoms with Gasteiger partial charge in [-0.25, -0.2) is 16.8 Å². The molecule has 0 saturated carbocycles. The van der Waals surface area contributed by atoms with Crippen LogP contribution < -0.4 is 0 Å². The van der Waals surface area contributed by atoms with Crippen molar-refractivity contribution in [3.05, 3.63) is 57.6 Å². The van der Waals surface area contributed by atoms with E-state index in [9.17, 15) is 25.9 Å². The van der Waals surface area contributed by atoms with Crippen molar-refractivity contribution in [2.24, 2.45) is 0 Å². The van der Waals surface area contributed by atoms with Crippen LogP contribution in [0.5, 0.6) is 0 Å². The third kappa shape index (κ3) is 7.01. The molecule has 27 heavy (non-hydrogen) atoms. The van der Waals surface area contributed by atoms with Crippen molar-refractivity contribution in [2.45, 2.75) is 51.3 Å². The third-order valence-electron chi connectivity index (χ3n) is 3.71. The van der Waals surface area contributed by atoms with Crippen LogP contribution >= 0.6 is 0 Å². The van der Waals surface area contributed by atoms with Crippen LogP contribution in [0.3, 0.4) is 0 Å². The molecule has 0 aromatic heterocycles. The number of hydrogen-bond donors (Lipinski definition) is 0. The van der Waals surface area contributed by atoms with Crippen LogP contribution in [0.25, 0.3) is 0 Å². The summed E-state index contributed by atoms with van der Waals surface area (Å²) in [5, 5.41) is 0. The first-order chi connectivity index (χ1) is 11.6. The van der Waals surface area contributed by atoms with Crippen molar-refractivity contribution < 1.29 is 42.4 Å². The normalized spacial score (nSPS) is 11.3. The molecule has 0 fully saturated rings. The Balaban J connectivity index is 0.000000483. The van der Waals surface area contributed by atoms with Gasteiger partial charge in [0.25, 0.3) is 0 Å². The number of hydrogen-bond acceptors (Lipinski definition) is 6. The summed E-state index contributed by atoms with van der Waals surface area (Å²) in [6.45, 7) is 10.2. The molecule has 6 nitrogen and oxygen atoms in total. The number of benzene rings is 2. The first-order valence-corrected chi connectivity index (χ1v) is 10.5. The van der Waals surface area contributed by atoms with Crippen molar-refractivity contribution in [1.29, 1.82) is 0 Å². The zero-order valence-corrected chi connectivity index (χ0v) is 18.5. The molecule has 2 aromatic rings. The maximum Gasteiger partial charge on any atom is 2.00 e. The smallest absolute Gasteiger partial charge is 0.744 e. The monoisotopic (exact) mass is 456 g/mol. The Bertz CT molecular complexity index is 910. The zero-order valence-electron chi connectivity index (χ0n) is 15.9. The fourth-order valence-electron chi connectivity index (χ4n) is 3.12. The first kappa shape index (κ1) is 25.8. The van der Waals surface area contributed by atoms with Gasteiger partial charge in [0.2, 0.25) is 0 Å². The molecule has 2 rings (SSSR count). The molecule has 0 aliphatic rings. The molecule has 152 valence electrons. The van der Waals surface area contributed by atoms with Gasteiger partial charge in [-0.2, -0.15) is 0 Å². The van der Waals surface area contributed by atoms with Crippen molar-refractivity contribution in [2.75, 3.05) is 0 Å². The summed E-state index contributed by atoms with van der Waals surface area (Å²) >= 11 is 0. The Morgan fingerprint density at radius 2 is 0.741 bits per heavy atom. The summed E-state index contributed by atoms with van der Waals surface area (Å²) in [5.74, 6) is 0. The molecular weight excluding hydrogens is 435 g/mol. The topological polar surface area (TPSA) is 114 Å². The van der Waals surface area contributed by atoms with Crippen LogP contribution in [0, 0.1) is 41.5 Å². The van der Waals surface area contributed by atoms with E-state index in [1.807, 2.05) is 13.8 Å². The summed E-state index contributed by atoms with van der Waals surface area (Å²) in [4.78, 5) is -0.170. The number of aryl methyl sites for hydroxylation is 6. The van der Waals surface area contributed by atoms with E-state index < -0.39 is 20.2 Å². The van der Waals surface area contributed by atoms with E-state index in [4.69, 9.17) is 0 Å². The van der Waals surface area contributed by atoms with Crippen molar-refractivity contribution in [3.63, 3.8) is 0 Å². The van der Waals surface area contributed by atoms with Gasteiger partial charge < -0.3 is 9.11 Å². The van der Waals surface area contributed by atoms with Crippen molar-refractivity contribution in [3.8, 4) is 0 Å².